The van der Waals surface area contributed by atoms with Crippen molar-refractivity contribution in [3.05, 3.63) is 34.2 Å². The molecule has 6 nitrogen and oxygen atoms in total. The van der Waals surface area contributed by atoms with Crippen LogP contribution in [-0.2, 0) is 6.18 Å². The van der Waals surface area contributed by atoms with Gasteiger partial charge in [0.05, 0.1) is 6.61 Å². The van der Waals surface area contributed by atoms with Crippen molar-refractivity contribution in [1.82, 2.24) is 20.3 Å². The monoisotopic (exact) mass is 484 g/mol. The molecule has 0 N–H and O–H groups in total. The zero-order valence-electron chi connectivity index (χ0n) is 16.1. The van der Waals surface area contributed by atoms with E-state index < -0.39 is 17.6 Å². The Balaban J connectivity index is 1.71. The Hall–Kier alpha value is -2.35. The van der Waals surface area contributed by atoms with Crippen LogP contribution in [0.3, 0.4) is 0 Å². The maximum absolute atomic E-state index is 12.7. The second-order valence-electron chi connectivity index (χ2n) is 6.53. The first-order valence-electron chi connectivity index (χ1n) is 8.58. The third-order valence-electron chi connectivity index (χ3n) is 3.91. The highest BCUT2D eigenvalue weighted by atomic mass is 32.2. The van der Waals surface area contributed by atoms with E-state index in [2.05, 4.69) is 24.9 Å². The summed E-state index contributed by atoms with van der Waals surface area (Å²) in [6.07, 6.45) is -4.74. The van der Waals surface area contributed by atoms with Crippen LogP contribution in [0.4, 0.5) is 26.3 Å². The molecule has 168 valence electrons. The van der Waals surface area contributed by atoms with Gasteiger partial charge in [-0.3, -0.25) is 0 Å². The van der Waals surface area contributed by atoms with E-state index in [1.807, 2.05) is 0 Å². The molecule has 2 aromatic heterocycles. The Bertz CT molecular complexity index is 1040. The predicted octanol–water partition coefficient (Wildman–Crippen LogP) is 6.02. The van der Waals surface area contributed by atoms with Gasteiger partial charge in [-0.2, -0.15) is 31.3 Å². The molecule has 0 radical (unpaired) electrons. The van der Waals surface area contributed by atoms with Gasteiger partial charge >= 0.3 is 17.6 Å². The van der Waals surface area contributed by atoms with Gasteiger partial charge in [0.15, 0.2) is 4.34 Å². The van der Waals surface area contributed by atoms with Gasteiger partial charge in [0.1, 0.15) is 10.8 Å². The van der Waals surface area contributed by atoms with E-state index in [9.17, 15) is 26.3 Å². The molecular formula is C17H14F6N4O2S2. The molecule has 0 spiro atoms. The molecule has 1 aromatic carbocycles. The second-order valence-corrected chi connectivity index (χ2v) is 8.85. The Morgan fingerprint density at radius 3 is 2.29 bits per heavy atom. The average molecular weight is 484 g/mol. The summed E-state index contributed by atoms with van der Waals surface area (Å²) in [4.78, 5) is 3.37. The number of halogens is 6. The number of aromatic nitrogens is 4. The minimum absolute atomic E-state index is 0.118. The van der Waals surface area contributed by atoms with Crippen LogP contribution in [-0.4, -0.2) is 32.5 Å². The summed E-state index contributed by atoms with van der Waals surface area (Å²) in [5, 5.41) is 11.1. The molecule has 31 heavy (non-hydrogen) atoms. The molecule has 0 bridgehead atoms. The van der Waals surface area contributed by atoms with Gasteiger partial charge < -0.3 is 9.26 Å². The van der Waals surface area contributed by atoms with Crippen molar-refractivity contribution in [3.8, 4) is 17.1 Å². The lowest BCUT2D eigenvalue weighted by atomic mass is 10.1. The highest BCUT2D eigenvalue weighted by Crippen LogP contribution is 2.39. The van der Waals surface area contributed by atoms with Crippen LogP contribution in [0.1, 0.15) is 34.9 Å². The van der Waals surface area contributed by atoms with Crippen LogP contribution in [0.15, 0.2) is 21.0 Å². The van der Waals surface area contributed by atoms with Gasteiger partial charge in [0.25, 0.3) is 0 Å². The van der Waals surface area contributed by atoms with E-state index in [0.29, 0.717) is 27.4 Å². The van der Waals surface area contributed by atoms with Crippen molar-refractivity contribution >= 4 is 23.1 Å². The summed E-state index contributed by atoms with van der Waals surface area (Å²) in [5.74, 6) is -1.48. The maximum atomic E-state index is 12.7. The number of thioether (sulfide) groups is 1. The van der Waals surface area contributed by atoms with E-state index in [1.165, 1.54) is 0 Å². The van der Waals surface area contributed by atoms with E-state index >= 15 is 0 Å². The fourth-order valence-corrected chi connectivity index (χ4v) is 4.20. The van der Waals surface area contributed by atoms with Gasteiger partial charge in [-0.15, -0.1) is 10.2 Å². The van der Waals surface area contributed by atoms with Crippen molar-refractivity contribution in [2.45, 2.75) is 42.7 Å². The van der Waals surface area contributed by atoms with Crippen molar-refractivity contribution < 1.29 is 35.6 Å². The van der Waals surface area contributed by atoms with Crippen LogP contribution < -0.4 is 4.74 Å². The van der Waals surface area contributed by atoms with Gasteiger partial charge in [-0.1, -0.05) is 23.4 Å². The summed E-state index contributed by atoms with van der Waals surface area (Å²) in [6, 6.07) is 3.11. The van der Waals surface area contributed by atoms with Crippen molar-refractivity contribution in [1.29, 1.82) is 0 Å². The number of nitrogens with zero attached hydrogens (tertiary/aromatic N) is 4. The molecule has 2 heterocycles. The summed E-state index contributed by atoms with van der Waals surface area (Å²) in [6.45, 7) is 5.25. The first-order valence-corrected chi connectivity index (χ1v) is 10.2. The van der Waals surface area contributed by atoms with Crippen LogP contribution in [0.2, 0.25) is 0 Å². The lowest BCUT2D eigenvalue weighted by Gasteiger charge is -2.15. The van der Waals surface area contributed by atoms with Crippen LogP contribution in [0.5, 0.6) is 5.75 Å². The normalized spacial score (nSPS) is 13.5. The molecule has 0 aliphatic heterocycles. The predicted molar refractivity (Wildman–Crippen MR) is 99.9 cm³/mol. The van der Waals surface area contributed by atoms with Crippen LogP contribution >= 0.6 is 23.1 Å². The summed E-state index contributed by atoms with van der Waals surface area (Å²) < 4.78 is 85.1. The van der Waals surface area contributed by atoms with Gasteiger partial charge in [0, 0.05) is 23.2 Å². The fraction of sp³-hybridized carbons (Fsp3) is 0.412. The molecule has 3 aromatic rings. The maximum Gasteiger partial charge on any atom is 0.471 e. The molecule has 0 saturated heterocycles. The van der Waals surface area contributed by atoms with E-state index in [0.717, 1.165) is 11.3 Å². The summed E-state index contributed by atoms with van der Waals surface area (Å²) in [5.41, 5.74) is -2.88. The lowest BCUT2D eigenvalue weighted by Crippen LogP contribution is -2.08. The molecule has 0 saturated carbocycles. The number of aryl methyl sites for hydroxylation is 2. The number of hydrogen-bond acceptors (Lipinski definition) is 8. The first kappa shape index (κ1) is 23.3. The standard InChI is InChI=1S/C17H14F6N4O2S2/c1-7-4-10(12-24-14(29-27-12)16(18,19)20)5-8(2)11(7)28-6-9(3)13-25-26-15(30-13)31-17(21,22)23/h4-5,9H,6H2,1-3H3. The molecule has 0 aliphatic rings. The van der Waals surface area contributed by atoms with Crippen molar-refractivity contribution in [2.75, 3.05) is 6.61 Å². The fourth-order valence-electron chi connectivity index (χ4n) is 2.60. The first-order chi connectivity index (χ1) is 14.3. The zero-order valence-corrected chi connectivity index (χ0v) is 17.8. The number of hydrogen-bond donors (Lipinski definition) is 0. The number of benzene rings is 1. The number of ether oxygens (including phenoxy) is 1. The van der Waals surface area contributed by atoms with E-state index in [1.54, 1.807) is 32.9 Å². The van der Waals surface area contributed by atoms with Gasteiger partial charge in [-0.05, 0) is 37.1 Å². The molecule has 1 atom stereocenters. The van der Waals surface area contributed by atoms with Gasteiger partial charge in [0.2, 0.25) is 5.82 Å². The van der Waals surface area contributed by atoms with Crippen molar-refractivity contribution in [3.63, 3.8) is 0 Å². The third-order valence-corrected chi connectivity index (χ3v) is 5.85. The Kier molecular flexibility index (Phi) is 6.51. The molecule has 1 unspecified atom stereocenters. The summed E-state index contributed by atoms with van der Waals surface area (Å²) in [7, 11) is 0. The topological polar surface area (TPSA) is 73.9 Å². The molecule has 14 heteroatoms. The summed E-state index contributed by atoms with van der Waals surface area (Å²) >= 11 is 0.512. The Morgan fingerprint density at radius 1 is 1.10 bits per heavy atom. The number of rotatable bonds is 6. The Morgan fingerprint density at radius 2 is 1.74 bits per heavy atom. The SMILES string of the molecule is Cc1cc(-c2noc(C(F)(F)F)n2)cc(C)c1OCC(C)c1nnc(SC(F)(F)F)s1. The number of alkyl halides is 6. The van der Waals surface area contributed by atoms with Crippen LogP contribution in [0.25, 0.3) is 11.4 Å². The lowest BCUT2D eigenvalue weighted by molar-refractivity contribution is -0.159. The van der Waals surface area contributed by atoms with Crippen molar-refractivity contribution in [2.24, 2.45) is 0 Å². The average Bonchev–Trinajstić information content (AvgIpc) is 3.28. The molecule has 0 aliphatic carbocycles. The zero-order chi connectivity index (χ0) is 23.0. The molecule has 0 amide bonds. The van der Waals surface area contributed by atoms with E-state index in [-0.39, 0.29) is 34.5 Å². The second kappa shape index (κ2) is 8.65. The molecule has 0 fully saturated rings. The largest absolute Gasteiger partial charge is 0.492 e. The highest BCUT2D eigenvalue weighted by Gasteiger charge is 2.38. The Labute approximate surface area is 180 Å². The van der Waals surface area contributed by atoms with Gasteiger partial charge in [-0.25, -0.2) is 0 Å². The third kappa shape index (κ3) is 5.87. The highest BCUT2D eigenvalue weighted by molar-refractivity contribution is 8.01. The van der Waals surface area contributed by atoms with E-state index in [4.69, 9.17) is 4.74 Å². The van der Waals surface area contributed by atoms with Crippen LogP contribution in [0, 0.1) is 13.8 Å². The smallest absolute Gasteiger partial charge is 0.471 e. The molecular weight excluding hydrogens is 470 g/mol. The minimum atomic E-state index is -4.74. The minimum Gasteiger partial charge on any atom is -0.492 e. The quantitative estimate of drug-likeness (QED) is 0.313. The molecule has 3 rings (SSSR count).